The van der Waals surface area contributed by atoms with Gasteiger partial charge < -0.3 is 9.64 Å². The van der Waals surface area contributed by atoms with Crippen LogP contribution in [0.1, 0.15) is 35.5 Å². The second kappa shape index (κ2) is 7.40. The van der Waals surface area contributed by atoms with Crippen molar-refractivity contribution >= 4 is 16.5 Å². The maximum Gasteiger partial charge on any atom is 0.280 e. The highest BCUT2D eigenvalue weighted by Gasteiger charge is 2.24. The van der Waals surface area contributed by atoms with Crippen LogP contribution in [0.5, 0.6) is 0 Å². The van der Waals surface area contributed by atoms with Gasteiger partial charge in [0.1, 0.15) is 5.69 Å². The monoisotopic (exact) mass is 382 g/mol. The summed E-state index contributed by atoms with van der Waals surface area (Å²) in [7, 11) is 0. The maximum atomic E-state index is 12.6. The Hall–Kier alpha value is -1.87. The number of hydrogen-bond donors (Lipinski definition) is 0. The highest BCUT2D eigenvalue weighted by atomic mass is 32.1. The highest BCUT2D eigenvalue weighted by Crippen LogP contribution is 2.32. The first-order valence-electron chi connectivity index (χ1n) is 8.76. The van der Waals surface area contributed by atoms with E-state index in [-0.39, 0.29) is 0 Å². The third-order valence-electron chi connectivity index (χ3n) is 4.95. The van der Waals surface area contributed by atoms with Gasteiger partial charge in [-0.15, -0.1) is 0 Å². The quantitative estimate of drug-likeness (QED) is 0.814. The molecule has 0 amide bonds. The Kier molecular flexibility index (Phi) is 4.99. The molecule has 140 valence electrons. The predicted molar refractivity (Wildman–Crippen MR) is 93.9 cm³/mol. The average molecular weight is 382 g/mol. The number of piperidine rings is 1. The Morgan fingerprint density at radius 3 is 2.85 bits per heavy atom. The number of ether oxygens (including phenoxy) is 1. The van der Waals surface area contributed by atoms with E-state index in [1.165, 1.54) is 15.8 Å². The van der Waals surface area contributed by atoms with Gasteiger partial charge >= 0.3 is 0 Å². The van der Waals surface area contributed by atoms with Crippen LogP contribution in [0.2, 0.25) is 0 Å². The maximum absolute atomic E-state index is 12.6. The molecule has 6 nitrogen and oxygen atoms in total. The normalized spacial score (nSPS) is 18.3. The molecule has 2 aliphatic rings. The van der Waals surface area contributed by atoms with Gasteiger partial charge in [0, 0.05) is 32.1 Å². The first-order valence-corrected chi connectivity index (χ1v) is 9.57. The molecule has 0 unspecified atom stereocenters. The van der Waals surface area contributed by atoms with Crippen molar-refractivity contribution in [2.24, 2.45) is 5.92 Å². The zero-order chi connectivity index (χ0) is 18.1. The van der Waals surface area contributed by atoms with Crippen LogP contribution in [0.15, 0.2) is 17.2 Å². The highest BCUT2D eigenvalue weighted by molar-refractivity contribution is 7.15. The zero-order valence-corrected chi connectivity index (χ0v) is 15.1. The van der Waals surface area contributed by atoms with Gasteiger partial charge in [-0.25, -0.2) is 18.7 Å². The van der Waals surface area contributed by atoms with Crippen molar-refractivity contribution in [3.05, 3.63) is 39.0 Å². The molecule has 0 aromatic carbocycles. The van der Waals surface area contributed by atoms with E-state index in [9.17, 15) is 13.6 Å². The second-order valence-corrected chi connectivity index (χ2v) is 7.77. The number of alkyl halides is 2. The smallest absolute Gasteiger partial charge is 0.280 e. The van der Waals surface area contributed by atoms with Crippen LogP contribution in [0.3, 0.4) is 0 Å². The molecule has 4 heterocycles. The molecule has 9 heteroatoms. The van der Waals surface area contributed by atoms with Crippen LogP contribution in [0.4, 0.5) is 13.9 Å². The molecular formula is C17H20F2N4O2S. The Bertz CT molecular complexity index is 807. The topological polar surface area (TPSA) is 60.2 Å². The van der Waals surface area contributed by atoms with Gasteiger partial charge in [0.05, 0.1) is 30.1 Å². The van der Waals surface area contributed by atoms with Crippen LogP contribution >= 0.6 is 11.3 Å². The summed E-state index contributed by atoms with van der Waals surface area (Å²) in [5.41, 5.74) is 0.290. The number of hydrogen-bond acceptors (Lipinski definition) is 6. The Morgan fingerprint density at radius 1 is 1.35 bits per heavy atom. The molecule has 1 saturated heterocycles. The van der Waals surface area contributed by atoms with Crippen LogP contribution in [-0.2, 0) is 24.3 Å². The fraction of sp³-hybridized carbons (Fsp3) is 0.588. The molecule has 0 spiro atoms. The van der Waals surface area contributed by atoms with Crippen molar-refractivity contribution in [1.82, 2.24) is 14.5 Å². The van der Waals surface area contributed by atoms with Crippen molar-refractivity contribution in [3.8, 4) is 0 Å². The SMILES string of the molecule is O=c1cc(C(F)F)ncn1CC1CCN(c2nc3c(s2)COCC3)CC1. The summed E-state index contributed by atoms with van der Waals surface area (Å²) in [6, 6.07) is 0.932. The summed E-state index contributed by atoms with van der Waals surface area (Å²) in [6.07, 6.45) is 1.28. The van der Waals surface area contributed by atoms with Crippen molar-refractivity contribution in [2.75, 3.05) is 24.6 Å². The van der Waals surface area contributed by atoms with E-state index in [1.54, 1.807) is 11.3 Å². The van der Waals surface area contributed by atoms with E-state index in [1.807, 2.05) is 0 Å². The molecule has 0 aliphatic carbocycles. The molecule has 0 atom stereocenters. The zero-order valence-electron chi connectivity index (χ0n) is 14.2. The average Bonchev–Trinajstić information content (AvgIpc) is 3.08. The molecular weight excluding hydrogens is 362 g/mol. The van der Waals surface area contributed by atoms with Crippen LogP contribution in [0.25, 0.3) is 0 Å². The molecule has 1 fully saturated rings. The lowest BCUT2D eigenvalue weighted by Crippen LogP contribution is -2.36. The first-order chi connectivity index (χ1) is 12.6. The minimum Gasteiger partial charge on any atom is -0.375 e. The number of fused-ring (bicyclic) bond motifs is 1. The van der Waals surface area contributed by atoms with Crippen molar-refractivity contribution in [3.63, 3.8) is 0 Å². The van der Waals surface area contributed by atoms with Crippen LogP contribution < -0.4 is 10.5 Å². The molecule has 0 saturated carbocycles. The van der Waals surface area contributed by atoms with E-state index in [4.69, 9.17) is 9.72 Å². The Balaban J connectivity index is 1.36. The summed E-state index contributed by atoms with van der Waals surface area (Å²) < 4.78 is 32.1. The van der Waals surface area contributed by atoms with E-state index in [0.29, 0.717) is 19.1 Å². The summed E-state index contributed by atoms with van der Waals surface area (Å²) >= 11 is 1.71. The first kappa shape index (κ1) is 17.5. The minimum absolute atomic E-state index is 0.334. The fourth-order valence-corrected chi connectivity index (χ4v) is 4.52. The third-order valence-corrected chi connectivity index (χ3v) is 6.08. The van der Waals surface area contributed by atoms with Crippen LogP contribution in [-0.4, -0.2) is 34.2 Å². The summed E-state index contributed by atoms with van der Waals surface area (Å²) in [4.78, 5) is 23.9. The largest absolute Gasteiger partial charge is 0.375 e. The Morgan fingerprint density at radius 2 is 2.15 bits per heavy atom. The van der Waals surface area contributed by atoms with Gasteiger partial charge in [-0.3, -0.25) is 9.36 Å². The van der Waals surface area contributed by atoms with Crippen LogP contribution in [0, 0.1) is 5.92 Å². The van der Waals surface area contributed by atoms with E-state index >= 15 is 0 Å². The molecule has 4 rings (SSSR count). The van der Waals surface area contributed by atoms with Gasteiger partial charge in [-0.2, -0.15) is 0 Å². The number of halogens is 2. The Labute approximate surface area is 153 Å². The lowest BCUT2D eigenvalue weighted by atomic mass is 9.97. The van der Waals surface area contributed by atoms with E-state index < -0.39 is 17.7 Å². The number of anilines is 1. The van der Waals surface area contributed by atoms with Gasteiger partial charge in [-0.05, 0) is 18.8 Å². The van der Waals surface area contributed by atoms with Gasteiger partial charge in [0.2, 0.25) is 0 Å². The predicted octanol–water partition coefficient (Wildman–Crippen LogP) is 2.63. The molecule has 2 aliphatic heterocycles. The molecule has 2 aromatic rings. The molecule has 0 radical (unpaired) electrons. The summed E-state index contributed by atoms with van der Waals surface area (Å²) in [5, 5.41) is 1.05. The third kappa shape index (κ3) is 3.64. The van der Waals surface area contributed by atoms with Crippen molar-refractivity contribution in [2.45, 2.75) is 38.8 Å². The lowest BCUT2D eigenvalue weighted by molar-refractivity contribution is 0.112. The number of thiazole rings is 1. The van der Waals surface area contributed by atoms with Crippen molar-refractivity contribution in [1.29, 1.82) is 0 Å². The number of rotatable bonds is 4. The van der Waals surface area contributed by atoms with Crippen molar-refractivity contribution < 1.29 is 13.5 Å². The molecule has 26 heavy (non-hydrogen) atoms. The summed E-state index contributed by atoms with van der Waals surface area (Å²) in [6.45, 7) is 3.69. The summed E-state index contributed by atoms with van der Waals surface area (Å²) in [5.74, 6) is 0.334. The molecule has 0 bridgehead atoms. The second-order valence-electron chi connectivity index (χ2n) is 6.70. The van der Waals surface area contributed by atoms with E-state index in [2.05, 4.69) is 9.88 Å². The number of aromatic nitrogens is 3. The van der Waals surface area contributed by atoms with Gasteiger partial charge in [0.15, 0.2) is 5.13 Å². The van der Waals surface area contributed by atoms with Gasteiger partial charge in [0.25, 0.3) is 12.0 Å². The molecule has 2 aromatic heterocycles. The standard InChI is InChI=1S/C17H20F2N4O2S/c18-16(19)13-7-15(24)23(10-20-13)8-11-1-4-22(5-2-11)17-21-12-3-6-25-9-14(12)26-17/h7,10-11,16H,1-6,8-9H2. The van der Waals surface area contributed by atoms with E-state index in [0.717, 1.165) is 55.9 Å². The fourth-order valence-electron chi connectivity index (χ4n) is 3.43. The molecule has 0 N–H and O–H groups in total. The lowest BCUT2D eigenvalue weighted by Gasteiger charge is -2.31. The minimum atomic E-state index is -2.71. The number of nitrogens with zero attached hydrogens (tertiary/aromatic N) is 4. The van der Waals surface area contributed by atoms with Gasteiger partial charge in [-0.1, -0.05) is 11.3 Å².